The monoisotopic (exact) mass is 258 g/mol. The fraction of sp³-hybridized carbons (Fsp3) is 0.600. The zero-order chi connectivity index (χ0) is 12.9. The van der Waals surface area contributed by atoms with Gasteiger partial charge < -0.3 is 5.32 Å². The second-order valence-corrected chi connectivity index (χ2v) is 6.19. The van der Waals surface area contributed by atoms with Gasteiger partial charge in [-0.3, -0.25) is 4.72 Å². The van der Waals surface area contributed by atoms with E-state index in [1.807, 2.05) is 13.8 Å². The Kier molecular flexibility index (Phi) is 4.83. The van der Waals surface area contributed by atoms with Crippen LogP contribution in [-0.2, 0) is 10.0 Å². The van der Waals surface area contributed by atoms with Crippen molar-refractivity contribution in [3.8, 4) is 0 Å². The third kappa shape index (κ3) is 4.66. The third-order valence-electron chi connectivity index (χ3n) is 2.14. The van der Waals surface area contributed by atoms with Gasteiger partial charge in [-0.25, -0.2) is 18.4 Å². The van der Waals surface area contributed by atoms with Crippen LogP contribution in [0.3, 0.4) is 0 Å². The van der Waals surface area contributed by atoms with E-state index in [1.165, 1.54) is 12.4 Å². The van der Waals surface area contributed by atoms with Crippen LogP contribution >= 0.6 is 0 Å². The van der Waals surface area contributed by atoms with Crippen molar-refractivity contribution in [2.75, 3.05) is 11.3 Å². The molecule has 0 saturated heterocycles. The van der Waals surface area contributed by atoms with Crippen LogP contribution in [0.4, 0.5) is 5.95 Å². The van der Waals surface area contributed by atoms with Crippen molar-refractivity contribution in [1.29, 1.82) is 0 Å². The van der Waals surface area contributed by atoms with E-state index < -0.39 is 15.3 Å². The van der Waals surface area contributed by atoms with Gasteiger partial charge in [0.15, 0.2) is 0 Å². The van der Waals surface area contributed by atoms with E-state index in [1.54, 1.807) is 13.0 Å². The molecular formula is C10H18N4O2S. The number of nitrogens with zero attached hydrogens (tertiary/aromatic N) is 2. The van der Waals surface area contributed by atoms with Crippen LogP contribution in [0, 0.1) is 0 Å². The van der Waals surface area contributed by atoms with E-state index >= 15 is 0 Å². The molecule has 1 unspecified atom stereocenters. The second-order valence-electron chi connectivity index (χ2n) is 4.09. The van der Waals surface area contributed by atoms with Crippen LogP contribution in [0.1, 0.15) is 20.8 Å². The minimum absolute atomic E-state index is 0.101. The summed E-state index contributed by atoms with van der Waals surface area (Å²) < 4.78 is 26.1. The Morgan fingerprint density at radius 3 is 2.35 bits per heavy atom. The van der Waals surface area contributed by atoms with Gasteiger partial charge in [-0.2, -0.15) is 0 Å². The lowest BCUT2D eigenvalue weighted by Gasteiger charge is -2.15. The molecule has 1 aromatic heterocycles. The minimum Gasteiger partial charge on any atom is -0.313 e. The lowest BCUT2D eigenvalue weighted by Crippen LogP contribution is -2.37. The molecule has 0 spiro atoms. The van der Waals surface area contributed by atoms with Crippen molar-refractivity contribution in [3.05, 3.63) is 18.5 Å². The van der Waals surface area contributed by atoms with E-state index in [0.717, 1.165) is 0 Å². The number of sulfonamides is 1. The van der Waals surface area contributed by atoms with Crippen LogP contribution in [0.5, 0.6) is 0 Å². The van der Waals surface area contributed by atoms with Gasteiger partial charge in [0.05, 0.1) is 5.25 Å². The van der Waals surface area contributed by atoms with Gasteiger partial charge in [-0.15, -0.1) is 0 Å². The highest BCUT2D eigenvalue weighted by molar-refractivity contribution is 7.93. The summed E-state index contributed by atoms with van der Waals surface area (Å²) >= 11 is 0. The number of hydrogen-bond acceptors (Lipinski definition) is 5. The van der Waals surface area contributed by atoms with Gasteiger partial charge >= 0.3 is 0 Å². The summed E-state index contributed by atoms with van der Waals surface area (Å²) in [4.78, 5) is 7.64. The standard InChI is InChI=1S/C10H18N4O2S/c1-8(2)13-7-9(3)17(15,16)14-10-11-5-4-6-12-10/h4-6,8-9,13H,7H2,1-3H3,(H,11,12,14). The number of hydrogen-bond donors (Lipinski definition) is 2. The maximum Gasteiger partial charge on any atom is 0.238 e. The summed E-state index contributed by atoms with van der Waals surface area (Å²) in [6.07, 6.45) is 2.98. The average Bonchev–Trinajstić information content (AvgIpc) is 2.26. The largest absolute Gasteiger partial charge is 0.313 e. The molecule has 1 heterocycles. The van der Waals surface area contributed by atoms with Gasteiger partial charge in [0.1, 0.15) is 0 Å². The number of rotatable bonds is 6. The molecule has 0 aliphatic heterocycles. The van der Waals surface area contributed by atoms with E-state index in [4.69, 9.17) is 0 Å². The molecule has 1 rings (SSSR count). The lowest BCUT2D eigenvalue weighted by atomic mass is 10.3. The molecule has 0 fully saturated rings. The maximum absolute atomic E-state index is 11.9. The molecule has 96 valence electrons. The van der Waals surface area contributed by atoms with Gasteiger partial charge in [0.25, 0.3) is 0 Å². The van der Waals surface area contributed by atoms with Gasteiger partial charge in [-0.1, -0.05) is 13.8 Å². The summed E-state index contributed by atoms with van der Waals surface area (Å²) in [5, 5.41) is 2.53. The van der Waals surface area contributed by atoms with Crippen molar-refractivity contribution in [3.63, 3.8) is 0 Å². The highest BCUT2D eigenvalue weighted by Crippen LogP contribution is 2.05. The SMILES string of the molecule is CC(C)NCC(C)S(=O)(=O)Nc1ncccn1. The highest BCUT2D eigenvalue weighted by Gasteiger charge is 2.21. The Morgan fingerprint density at radius 2 is 1.82 bits per heavy atom. The predicted molar refractivity (Wildman–Crippen MR) is 67.2 cm³/mol. The molecule has 7 heteroatoms. The van der Waals surface area contributed by atoms with Crippen molar-refractivity contribution in [2.24, 2.45) is 0 Å². The number of anilines is 1. The topological polar surface area (TPSA) is 84.0 Å². The van der Waals surface area contributed by atoms with Crippen molar-refractivity contribution in [1.82, 2.24) is 15.3 Å². The van der Waals surface area contributed by atoms with Gasteiger partial charge in [-0.05, 0) is 13.0 Å². The number of nitrogens with one attached hydrogen (secondary N) is 2. The van der Waals surface area contributed by atoms with Crippen LogP contribution in [-0.4, -0.2) is 36.2 Å². The number of aromatic nitrogens is 2. The molecule has 17 heavy (non-hydrogen) atoms. The first-order chi connectivity index (χ1) is 7.92. The minimum atomic E-state index is -3.45. The van der Waals surface area contributed by atoms with Crippen molar-refractivity contribution < 1.29 is 8.42 Å². The van der Waals surface area contributed by atoms with Crippen LogP contribution in [0.2, 0.25) is 0 Å². The molecule has 0 amide bonds. The Labute approximate surface area is 102 Å². The molecule has 6 nitrogen and oxygen atoms in total. The summed E-state index contributed by atoms with van der Waals surface area (Å²) in [5.74, 6) is 0.101. The molecule has 0 radical (unpaired) electrons. The molecule has 0 saturated carbocycles. The van der Waals surface area contributed by atoms with Crippen molar-refractivity contribution in [2.45, 2.75) is 32.1 Å². The molecule has 1 aromatic rings. The van der Waals surface area contributed by atoms with Crippen LogP contribution in [0.25, 0.3) is 0 Å². The van der Waals surface area contributed by atoms with E-state index in [0.29, 0.717) is 6.54 Å². The second kappa shape index (κ2) is 5.92. The van der Waals surface area contributed by atoms with Gasteiger partial charge in [0, 0.05) is 25.0 Å². The molecule has 2 N–H and O–H groups in total. The Morgan fingerprint density at radius 1 is 1.24 bits per heavy atom. The molecular weight excluding hydrogens is 240 g/mol. The molecule has 0 aromatic carbocycles. The quantitative estimate of drug-likeness (QED) is 0.781. The summed E-state index contributed by atoms with van der Waals surface area (Å²) in [6.45, 7) is 5.96. The Bertz CT molecular complexity index is 433. The summed E-state index contributed by atoms with van der Waals surface area (Å²) in [5.41, 5.74) is 0. The summed E-state index contributed by atoms with van der Waals surface area (Å²) in [7, 11) is -3.45. The summed E-state index contributed by atoms with van der Waals surface area (Å²) in [6, 6.07) is 1.88. The van der Waals surface area contributed by atoms with E-state index in [9.17, 15) is 8.42 Å². The molecule has 1 atom stereocenters. The fourth-order valence-corrected chi connectivity index (χ4v) is 1.97. The van der Waals surface area contributed by atoms with Gasteiger partial charge in [0.2, 0.25) is 16.0 Å². The van der Waals surface area contributed by atoms with Crippen LogP contribution in [0.15, 0.2) is 18.5 Å². The third-order valence-corrected chi connectivity index (χ3v) is 3.84. The van der Waals surface area contributed by atoms with E-state index in [2.05, 4.69) is 20.0 Å². The zero-order valence-electron chi connectivity index (χ0n) is 10.2. The molecule has 0 aliphatic rings. The molecule has 0 aliphatic carbocycles. The average molecular weight is 258 g/mol. The Balaban J connectivity index is 2.62. The highest BCUT2D eigenvalue weighted by atomic mass is 32.2. The van der Waals surface area contributed by atoms with Crippen molar-refractivity contribution >= 4 is 16.0 Å². The Hall–Kier alpha value is -1.21. The normalized spacial score (nSPS) is 13.6. The smallest absolute Gasteiger partial charge is 0.238 e. The first kappa shape index (κ1) is 13.9. The maximum atomic E-state index is 11.9. The van der Waals surface area contributed by atoms with E-state index in [-0.39, 0.29) is 12.0 Å². The first-order valence-corrected chi connectivity index (χ1v) is 6.98. The zero-order valence-corrected chi connectivity index (χ0v) is 11.0. The lowest BCUT2D eigenvalue weighted by molar-refractivity contribution is 0.553. The fourth-order valence-electron chi connectivity index (χ4n) is 1.09. The molecule has 0 bridgehead atoms. The first-order valence-electron chi connectivity index (χ1n) is 5.44. The van der Waals surface area contributed by atoms with Crippen LogP contribution < -0.4 is 10.0 Å². The predicted octanol–water partition coefficient (Wildman–Crippen LogP) is 0.605.